The fourth-order valence-corrected chi connectivity index (χ4v) is 9.51. The smallest absolute Gasteiger partial charge is 0.0152 e. The second-order valence-electron chi connectivity index (χ2n) is 13.1. The Morgan fingerprint density at radius 2 is 1.52 bits per heavy atom. The fourth-order valence-electron chi connectivity index (χ4n) is 9.51. The van der Waals surface area contributed by atoms with E-state index < -0.39 is 0 Å². The molecule has 4 fully saturated rings. The maximum Gasteiger partial charge on any atom is 0.0152 e. The van der Waals surface area contributed by atoms with Crippen molar-refractivity contribution in [2.24, 2.45) is 46.3 Å². The molecule has 4 rings (SSSR count). The third-order valence-electron chi connectivity index (χ3n) is 11.3. The van der Waals surface area contributed by atoms with Crippen LogP contribution in [0.3, 0.4) is 0 Å². The van der Waals surface area contributed by atoms with Crippen molar-refractivity contribution in [3.63, 3.8) is 0 Å². The molecular weight excluding hydrogens is 350 g/mol. The summed E-state index contributed by atoms with van der Waals surface area (Å²) in [6, 6.07) is 1.64. The van der Waals surface area contributed by atoms with Gasteiger partial charge in [0.25, 0.3) is 0 Å². The molecule has 9 atom stereocenters. The van der Waals surface area contributed by atoms with Crippen LogP contribution in [0.1, 0.15) is 112 Å². The summed E-state index contributed by atoms with van der Waals surface area (Å²) in [5.41, 5.74) is 1.24. The van der Waals surface area contributed by atoms with Gasteiger partial charge in [0.1, 0.15) is 0 Å². The number of piperidine rings is 1. The minimum absolute atomic E-state index is 0.590. The zero-order valence-electron chi connectivity index (χ0n) is 20.8. The van der Waals surface area contributed by atoms with E-state index in [9.17, 15) is 0 Å². The molecule has 0 aromatic carbocycles. The number of hydrogen-bond donors (Lipinski definition) is 0. The average molecular weight is 402 g/mol. The van der Waals surface area contributed by atoms with E-state index in [1.54, 1.807) is 6.42 Å². The Morgan fingerprint density at radius 1 is 0.828 bits per heavy atom. The summed E-state index contributed by atoms with van der Waals surface area (Å²) < 4.78 is 0. The lowest BCUT2D eigenvalue weighted by Gasteiger charge is -2.63. The summed E-state index contributed by atoms with van der Waals surface area (Å²) in [5, 5.41) is 0. The zero-order valence-corrected chi connectivity index (χ0v) is 20.8. The van der Waals surface area contributed by atoms with Crippen molar-refractivity contribution in [2.75, 3.05) is 7.05 Å². The average Bonchev–Trinajstić information content (AvgIpc) is 3.02. The van der Waals surface area contributed by atoms with E-state index in [0.717, 1.165) is 47.6 Å². The van der Waals surface area contributed by atoms with Gasteiger partial charge in [-0.1, -0.05) is 53.9 Å². The molecule has 0 spiro atoms. The minimum Gasteiger partial charge on any atom is -0.300 e. The first-order valence-electron chi connectivity index (χ1n) is 13.4. The molecule has 1 heterocycles. The van der Waals surface area contributed by atoms with Crippen molar-refractivity contribution < 1.29 is 0 Å². The number of hydrogen-bond acceptors (Lipinski definition) is 1. The molecule has 1 aliphatic heterocycles. The van der Waals surface area contributed by atoms with Crippen LogP contribution in [-0.2, 0) is 0 Å². The molecule has 0 aromatic heterocycles. The van der Waals surface area contributed by atoms with Gasteiger partial charge < -0.3 is 4.90 Å². The molecular formula is C28H51N. The number of likely N-dealkylation sites (tertiary alicyclic amines) is 1. The van der Waals surface area contributed by atoms with E-state index in [4.69, 9.17) is 0 Å². The van der Waals surface area contributed by atoms with E-state index >= 15 is 0 Å². The first kappa shape index (κ1) is 22.2. The molecule has 0 aromatic rings. The van der Waals surface area contributed by atoms with Gasteiger partial charge in [-0.05, 0) is 112 Å². The van der Waals surface area contributed by atoms with Gasteiger partial charge >= 0.3 is 0 Å². The largest absolute Gasteiger partial charge is 0.300 e. The predicted molar refractivity (Wildman–Crippen MR) is 126 cm³/mol. The maximum atomic E-state index is 2.78. The van der Waals surface area contributed by atoms with Crippen LogP contribution < -0.4 is 0 Å². The third-order valence-corrected chi connectivity index (χ3v) is 11.3. The molecule has 0 unspecified atom stereocenters. The molecule has 1 saturated heterocycles. The summed E-state index contributed by atoms with van der Waals surface area (Å²) >= 11 is 0. The summed E-state index contributed by atoms with van der Waals surface area (Å²) in [7, 11) is 2.43. The Hall–Kier alpha value is -0.0400. The molecule has 1 heteroatoms. The van der Waals surface area contributed by atoms with Crippen molar-refractivity contribution in [1.29, 1.82) is 0 Å². The molecule has 1 nitrogen and oxygen atoms in total. The quantitative estimate of drug-likeness (QED) is 0.454. The van der Waals surface area contributed by atoms with Crippen molar-refractivity contribution in [2.45, 2.75) is 124 Å². The van der Waals surface area contributed by atoms with Crippen LogP contribution in [0, 0.1) is 46.3 Å². The van der Waals surface area contributed by atoms with Gasteiger partial charge in [-0.15, -0.1) is 0 Å². The Labute approximate surface area is 182 Å². The van der Waals surface area contributed by atoms with Gasteiger partial charge in [-0.25, -0.2) is 0 Å². The van der Waals surface area contributed by atoms with Crippen molar-refractivity contribution in [3.8, 4) is 0 Å². The summed E-state index contributed by atoms with van der Waals surface area (Å²) in [6.45, 7) is 15.3. The SMILES string of the molecule is CC(C)CCC[C@H](C)[C@H]1CC[C@@H]2[C@@H]3CC[C@@H]4N(C)[C@@H](C)CC[C@]4(C)[C@@H]3CC[C@]21C. The summed E-state index contributed by atoms with van der Waals surface area (Å²) in [5.74, 6) is 5.88. The lowest BCUT2D eigenvalue weighted by atomic mass is 9.46. The highest BCUT2D eigenvalue weighted by molar-refractivity contribution is 5.11. The Kier molecular flexibility index (Phi) is 6.22. The Bertz CT molecular complexity index is 569. The standard InChI is InChI=1S/C28H51N/c1-19(2)9-8-10-20(3)23-12-13-24-22-11-14-26-28(6,17-15-21(4)29(26)7)25(22)16-18-27(23,24)5/h19-26H,8-18H2,1-7H3/t20-,21-,22-,23+,24+,25+,26-,27-,28+/m0/s1. The highest BCUT2D eigenvalue weighted by Gasteiger charge is 2.61. The van der Waals surface area contributed by atoms with E-state index in [1.165, 1.54) is 64.2 Å². The van der Waals surface area contributed by atoms with Crippen LogP contribution in [0.25, 0.3) is 0 Å². The monoisotopic (exact) mass is 401 g/mol. The van der Waals surface area contributed by atoms with Gasteiger partial charge in [-0.3, -0.25) is 0 Å². The lowest BCUT2D eigenvalue weighted by molar-refractivity contribution is -0.135. The summed E-state index contributed by atoms with van der Waals surface area (Å²) in [6.07, 6.45) is 16.4. The normalized spacial score (nSPS) is 48.8. The van der Waals surface area contributed by atoms with Gasteiger partial charge in [0.05, 0.1) is 0 Å². The number of rotatable bonds is 5. The Balaban J connectivity index is 1.48. The van der Waals surface area contributed by atoms with E-state index in [1.807, 2.05) is 0 Å². The highest BCUT2D eigenvalue weighted by Crippen LogP contribution is 2.67. The van der Waals surface area contributed by atoms with E-state index in [2.05, 4.69) is 53.5 Å². The first-order chi connectivity index (χ1) is 13.7. The minimum atomic E-state index is 0.590. The van der Waals surface area contributed by atoms with Gasteiger partial charge in [0, 0.05) is 12.1 Å². The Morgan fingerprint density at radius 3 is 2.24 bits per heavy atom. The molecule has 29 heavy (non-hydrogen) atoms. The second kappa shape index (κ2) is 8.14. The predicted octanol–water partition coefficient (Wildman–Crippen LogP) is 7.79. The lowest BCUT2D eigenvalue weighted by Crippen LogP contribution is -2.61. The maximum absolute atomic E-state index is 2.78. The highest BCUT2D eigenvalue weighted by atomic mass is 15.2. The van der Waals surface area contributed by atoms with Gasteiger partial charge in [-0.2, -0.15) is 0 Å². The molecule has 0 bridgehead atoms. The molecule has 4 aliphatic rings. The number of nitrogens with zero attached hydrogens (tertiary/aromatic N) is 1. The number of fused-ring (bicyclic) bond motifs is 5. The van der Waals surface area contributed by atoms with Crippen molar-refractivity contribution in [1.82, 2.24) is 4.90 Å². The molecule has 0 amide bonds. The molecule has 168 valence electrons. The molecule has 0 N–H and O–H groups in total. The summed E-state index contributed by atoms with van der Waals surface area (Å²) in [4.78, 5) is 2.78. The fraction of sp³-hybridized carbons (Fsp3) is 1.00. The van der Waals surface area contributed by atoms with E-state index in [0.29, 0.717) is 10.8 Å². The topological polar surface area (TPSA) is 3.24 Å². The van der Waals surface area contributed by atoms with Crippen LogP contribution in [-0.4, -0.2) is 24.0 Å². The van der Waals surface area contributed by atoms with Crippen LogP contribution in [0.15, 0.2) is 0 Å². The van der Waals surface area contributed by atoms with Crippen molar-refractivity contribution >= 4 is 0 Å². The van der Waals surface area contributed by atoms with Crippen LogP contribution in [0.4, 0.5) is 0 Å². The molecule has 0 radical (unpaired) electrons. The van der Waals surface area contributed by atoms with Crippen LogP contribution >= 0.6 is 0 Å². The third kappa shape index (κ3) is 3.64. The second-order valence-corrected chi connectivity index (χ2v) is 13.1. The van der Waals surface area contributed by atoms with Crippen LogP contribution in [0.2, 0.25) is 0 Å². The van der Waals surface area contributed by atoms with Crippen molar-refractivity contribution in [3.05, 3.63) is 0 Å². The van der Waals surface area contributed by atoms with E-state index in [-0.39, 0.29) is 0 Å². The molecule has 3 aliphatic carbocycles. The zero-order chi connectivity index (χ0) is 21.0. The first-order valence-corrected chi connectivity index (χ1v) is 13.4. The molecule has 3 saturated carbocycles. The van der Waals surface area contributed by atoms with Crippen LogP contribution in [0.5, 0.6) is 0 Å². The van der Waals surface area contributed by atoms with Gasteiger partial charge in [0.2, 0.25) is 0 Å². The van der Waals surface area contributed by atoms with Gasteiger partial charge in [0.15, 0.2) is 0 Å².